The summed E-state index contributed by atoms with van der Waals surface area (Å²) in [6, 6.07) is 11.3. The second-order valence-corrected chi connectivity index (χ2v) is 7.63. The molecule has 5 rings (SSSR count). The fourth-order valence-electron chi connectivity index (χ4n) is 3.98. The van der Waals surface area contributed by atoms with Crippen LogP contribution in [0.3, 0.4) is 0 Å². The van der Waals surface area contributed by atoms with E-state index in [0.29, 0.717) is 40.9 Å². The first-order valence-corrected chi connectivity index (χ1v) is 10.1. The minimum absolute atomic E-state index is 0.129. The van der Waals surface area contributed by atoms with E-state index in [0.717, 1.165) is 22.5 Å². The Morgan fingerprint density at radius 2 is 1.97 bits per heavy atom. The molecule has 0 unspecified atom stereocenters. The van der Waals surface area contributed by atoms with E-state index < -0.39 is 0 Å². The van der Waals surface area contributed by atoms with Crippen LogP contribution in [0.25, 0.3) is 17.0 Å². The number of imidazole rings is 1. The number of fused-ring (bicyclic) bond motifs is 2. The molecule has 1 aromatic carbocycles. The first-order valence-electron chi connectivity index (χ1n) is 9.70. The molecule has 1 amide bonds. The third kappa shape index (κ3) is 3.18. The number of nitrogens with zero attached hydrogens (tertiary/aromatic N) is 4. The van der Waals surface area contributed by atoms with Crippen LogP contribution >= 0.6 is 11.6 Å². The maximum Gasteiger partial charge on any atom is 0.256 e. The average molecular weight is 435 g/mol. The summed E-state index contributed by atoms with van der Waals surface area (Å²) >= 11 is 6.41. The number of rotatable bonds is 5. The predicted octanol–water partition coefficient (Wildman–Crippen LogP) is 4.22. The highest BCUT2D eigenvalue weighted by Crippen LogP contribution is 2.37. The molecule has 3 aromatic heterocycles. The zero-order valence-electron chi connectivity index (χ0n) is 17.0. The van der Waals surface area contributed by atoms with Crippen LogP contribution < -0.4 is 9.47 Å². The van der Waals surface area contributed by atoms with Crippen molar-refractivity contribution in [1.29, 1.82) is 0 Å². The van der Waals surface area contributed by atoms with E-state index >= 15 is 0 Å². The second kappa shape index (κ2) is 7.59. The Morgan fingerprint density at radius 1 is 1.10 bits per heavy atom. The lowest BCUT2D eigenvalue weighted by Crippen LogP contribution is -2.23. The molecule has 0 aliphatic carbocycles. The van der Waals surface area contributed by atoms with Gasteiger partial charge in [-0.1, -0.05) is 17.7 Å². The van der Waals surface area contributed by atoms with Crippen LogP contribution in [0.5, 0.6) is 11.5 Å². The number of hydrogen-bond acceptors (Lipinski definition) is 5. The number of benzene rings is 1. The summed E-state index contributed by atoms with van der Waals surface area (Å²) in [5.74, 6) is 1.23. The molecule has 4 heterocycles. The summed E-state index contributed by atoms with van der Waals surface area (Å²) in [5, 5.41) is 0.349. The molecule has 1 aliphatic heterocycles. The van der Waals surface area contributed by atoms with Gasteiger partial charge in [0.2, 0.25) is 0 Å². The summed E-state index contributed by atoms with van der Waals surface area (Å²) < 4.78 is 12.7. The predicted molar refractivity (Wildman–Crippen MR) is 117 cm³/mol. The Bertz CT molecular complexity index is 1320. The highest BCUT2D eigenvalue weighted by molar-refractivity contribution is 6.34. The fraction of sp³-hybridized carbons (Fsp3) is 0.174. The number of hydrogen-bond donors (Lipinski definition) is 0. The standard InChI is InChI=1S/C23H19ClN4O3/c1-30-15-7-6-14(19(9-15)31-2)12-27-13-16-21(23(27)29)17(24)10-26-22(16)18-11-25-20-5-3-4-8-28(18)20/h3-11H,12-13H2,1-2H3. The third-order valence-electron chi connectivity index (χ3n) is 5.50. The molecule has 0 radical (unpaired) electrons. The van der Waals surface area contributed by atoms with Gasteiger partial charge in [-0.05, 0) is 24.3 Å². The van der Waals surface area contributed by atoms with E-state index in [1.165, 1.54) is 6.20 Å². The van der Waals surface area contributed by atoms with Crippen molar-refractivity contribution in [3.63, 3.8) is 0 Å². The number of pyridine rings is 2. The second-order valence-electron chi connectivity index (χ2n) is 7.22. The summed E-state index contributed by atoms with van der Waals surface area (Å²) in [5.41, 5.74) is 4.51. The molecule has 0 spiro atoms. The Balaban J connectivity index is 1.54. The van der Waals surface area contributed by atoms with Gasteiger partial charge in [-0.25, -0.2) is 4.98 Å². The molecular weight excluding hydrogens is 416 g/mol. The largest absolute Gasteiger partial charge is 0.497 e. The minimum Gasteiger partial charge on any atom is -0.497 e. The SMILES string of the molecule is COc1ccc(CN2Cc3c(-c4cnc5ccccn45)ncc(Cl)c3C2=O)c(OC)c1. The first-order chi connectivity index (χ1) is 15.1. The van der Waals surface area contributed by atoms with Crippen molar-refractivity contribution in [1.82, 2.24) is 19.3 Å². The van der Waals surface area contributed by atoms with Crippen LogP contribution in [0, 0.1) is 0 Å². The van der Waals surface area contributed by atoms with Crippen molar-refractivity contribution in [2.45, 2.75) is 13.1 Å². The molecule has 0 saturated heterocycles. The molecule has 4 aromatic rings. The van der Waals surface area contributed by atoms with Gasteiger partial charge >= 0.3 is 0 Å². The zero-order valence-corrected chi connectivity index (χ0v) is 17.8. The molecule has 0 bridgehead atoms. The fourth-order valence-corrected chi connectivity index (χ4v) is 4.22. The van der Waals surface area contributed by atoms with Crippen molar-refractivity contribution in [2.24, 2.45) is 0 Å². The Kier molecular flexibility index (Phi) is 4.75. The maximum absolute atomic E-state index is 13.3. The normalized spacial score (nSPS) is 13.0. The van der Waals surface area contributed by atoms with Crippen LogP contribution in [-0.4, -0.2) is 39.4 Å². The van der Waals surface area contributed by atoms with Crippen molar-refractivity contribution in [3.8, 4) is 22.9 Å². The quantitative estimate of drug-likeness (QED) is 0.470. The Morgan fingerprint density at radius 3 is 2.77 bits per heavy atom. The lowest BCUT2D eigenvalue weighted by molar-refractivity contribution is 0.0766. The van der Waals surface area contributed by atoms with Crippen molar-refractivity contribution in [3.05, 3.63) is 76.7 Å². The molecule has 0 fully saturated rings. The monoisotopic (exact) mass is 434 g/mol. The van der Waals surface area contributed by atoms with Gasteiger partial charge in [0, 0.05) is 42.7 Å². The van der Waals surface area contributed by atoms with Gasteiger partial charge in [-0.15, -0.1) is 0 Å². The average Bonchev–Trinajstić information content (AvgIpc) is 3.36. The smallest absolute Gasteiger partial charge is 0.256 e. The van der Waals surface area contributed by atoms with Crippen molar-refractivity contribution >= 4 is 23.2 Å². The van der Waals surface area contributed by atoms with E-state index in [-0.39, 0.29) is 5.91 Å². The van der Waals surface area contributed by atoms with Crippen molar-refractivity contribution in [2.75, 3.05) is 14.2 Å². The number of aromatic nitrogens is 3. The lowest BCUT2D eigenvalue weighted by Gasteiger charge is -2.18. The maximum atomic E-state index is 13.3. The van der Waals surface area contributed by atoms with Gasteiger partial charge in [-0.3, -0.25) is 14.2 Å². The molecule has 7 nitrogen and oxygen atoms in total. The number of amides is 1. The molecule has 0 saturated carbocycles. The molecule has 0 atom stereocenters. The molecule has 8 heteroatoms. The van der Waals surface area contributed by atoms with Gasteiger partial charge in [0.15, 0.2) is 0 Å². The van der Waals surface area contributed by atoms with E-state index in [1.807, 2.05) is 40.9 Å². The highest BCUT2D eigenvalue weighted by atomic mass is 35.5. The van der Waals surface area contributed by atoms with Gasteiger partial charge in [-0.2, -0.15) is 0 Å². The van der Waals surface area contributed by atoms with E-state index in [4.69, 9.17) is 21.1 Å². The summed E-state index contributed by atoms with van der Waals surface area (Å²) in [6.07, 6.45) is 5.23. The summed E-state index contributed by atoms with van der Waals surface area (Å²) in [7, 11) is 3.20. The van der Waals surface area contributed by atoms with E-state index in [9.17, 15) is 4.79 Å². The Hall–Kier alpha value is -3.58. The summed E-state index contributed by atoms with van der Waals surface area (Å²) in [6.45, 7) is 0.774. The van der Waals surface area contributed by atoms with Gasteiger partial charge in [0.05, 0.1) is 42.4 Å². The number of halogens is 1. The number of carbonyl (C=O) groups is 1. The topological polar surface area (TPSA) is 69.0 Å². The number of methoxy groups -OCH3 is 2. The molecular formula is C23H19ClN4O3. The van der Waals surface area contributed by atoms with Crippen molar-refractivity contribution < 1.29 is 14.3 Å². The van der Waals surface area contributed by atoms with Crippen LogP contribution in [0.15, 0.2) is 55.0 Å². The van der Waals surface area contributed by atoms with Crippen LogP contribution in [0.4, 0.5) is 0 Å². The van der Waals surface area contributed by atoms with Crippen LogP contribution in [0.2, 0.25) is 5.02 Å². The molecule has 156 valence electrons. The first kappa shape index (κ1) is 19.4. The van der Waals surface area contributed by atoms with Gasteiger partial charge in [0.25, 0.3) is 5.91 Å². The van der Waals surface area contributed by atoms with E-state index in [2.05, 4.69) is 9.97 Å². The van der Waals surface area contributed by atoms with Crippen LogP contribution in [-0.2, 0) is 13.1 Å². The zero-order chi connectivity index (χ0) is 21.5. The Labute approximate surface area is 183 Å². The minimum atomic E-state index is -0.129. The lowest BCUT2D eigenvalue weighted by atomic mass is 10.1. The number of ether oxygens (including phenoxy) is 2. The summed E-state index contributed by atoms with van der Waals surface area (Å²) in [4.78, 5) is 24.0. The van der Waals surface area contributed by atoms with E-state index in [1.54, 1.807) is 31.4 Å². The van der Waals surface area contributed by atoms with Gasteiger partial charge in [0.1, 0.15) is 17.1 Å². The third-order valence-corrected chi connectivity index (χ3v) is 5.79. The molecule has 31 heavy (non-hydrogen) atoms. The molecule has 1 aliphatic rings. The highest BCUT2D eigenvalue weighted by Gasteiger charge is 2.34. The number of carbonyl (C=O) groups excluding carboxylic acids is 1. The molecule has 0 N–H and O–H groups in total. The van der Waals surface area contributed by atoms with Gasteiger partial charge < -0.3 is 14.4 Å². The van der Waals surface area contributed by atoms with Crippen LogP contribution in [0.1, 0.15) is 21.5 Å².